The Bertz CT molecular complexity index is 1550. The number of nitrogens with one attached hydrogen (secondary N) is 1. The molecule has 7 nitrogen and oxygen atoms in total. The number of rotatable bonds is 12. The topological polar surface area (TPSA) is 70.4 Å². The number of nitrogens with zero attached hydrogens (tertiary/aromatic N) is 3. The van der Waals surface area contributed by atoms with Crippen LogP contribution in [0.4, 0.5) is 5.69 Å². The summed E-state index contributed by atoms with van der Waals surface area (Å²) in [5.41, 5.74) is 5.65. The van der Waals surface area contributed by atoms with Gasteiger partial charge in [0, 0.05) is 37.8 Å². The van der Waals surface area contributed by atoms with Crippen LogP contribution < -0.4 is 14.8 Å². The Labute approximate surface area is 235 Å². The summed E-state index contributed by atoms with van der Waals surface area (Å²) in [4.78, 5) is 4.77. The standard InChI is InChI=1S/C33H36N4O3/c1-33(2,38-4)19-20-34-26-15-16-27-29(21-26)37(3)36-31(27)28-17-18-30(39-22-24-11-7-5-8-12-24)35-32(28)40-23-25-13-9-6-10-14-25/h5-18,21,34H,19-20,22-23H2,1-4H3. The second kappa shape index (κ2) is 12.2. The third kappa shape index (κ3) is 6.61. The van der Waals surface area contributed by atoms with E-state index in [-0.39, 0.29) is 5.60 Å². The number of fused-ring (bicyclic) bond motifs is 1. The van der Waals surface area contributed by atoms with Crippen LogP contribution in [0.3, 0.4) is 0 Å². The maximum absolute atomic E-state index is 6.28. The van der Waals surface area contributed by atoms with E-state index in [1.807, 2.05) is 84.5 Å². The van der Waals surface area contributed by atoms with Crippen molar-refractivity contribution in [2.45, 2.75) is 39.1 Å². The third-order valence-electron chi connectivity index (χ3n) is 7.00. The van der Waals surface area contributed by atoms with Crippen LogP contribution in [0.15, 0.2) is 91.0 Å². The molecule has 1 N–H and O–H groups in total. The normalized spacial score (nSPS) is 11.5. The molecule has 0 spiro atoms. The first-order chi connectivity index (χ1) is 19.4. The first-order valence-corrected chi connectivity index (χ1v) is 13.5. The first-order valence-electron chi connectivity index (χ1n) is 13.5. The van der Waals surface area contributed by atoms with E-state index in [1.54, 1.807) is 7.11 Å². The van der Waals surface area contributed by atoms with E-state index in [4.69, 9.17) is 24.3 Å². The number of anilines is 1. The highest BCUT2D eigenvalue weighted by Gasteiger charge is 2.19. The van der Waals surface area contributed by atoms with Gasteiger partial charge in [0.15, 0.2) is 0 Å². The van der Waals surface area contributed by atoms with E-state index in [0.29, 0.717) is 25.0 Å². The summed E-state index contributed by atoms with van der Waals surface area (Å²) in [5, 5.41) is 9.42. The van der Waals surface area contributed by atoms with Gasteiger partial charge >= 0.3 is 0 Å². The van der Waals surface area contributed by atoms with Gasteiger partial charge in [-0.2, -0.15) is 10.1 Å². The number of hydrogen-bond donors (Lipinski definition) is 1. The molecule has 0 atom stereocenters. The van der Waals surface area contributed by atoms with E-state index in [0.717, 1.165) is 51.9 Å². The third-order valence-corrected chi connectivity index (χ3v) is 7.00. The molecule has 40 heavy (non-hydrogen) atoms. The van der Waals surface area contributed by atoms with Crippen molar-refractivity contribution in [1.82, 2.24) is 14.8 Å². The molecule has 2 aromatic heterocycles. The van der Waals surface area contributed by atoms with Gasteiger partial charge in [-0.3, -0.25) is 4.68 Å². The van der Waals surface area contributed by atoms with Gasteiger partial charge in [-0.15, -0.1) is 0 Å². The maximum atomic E-state index is 6.28. The Morgan fingerprint density at radius 2 is 1.50 bits per heavy atom. The highest BCUT2D eigenvalue weighted by Crippen LogP contribution is 2.36. The number of aryl methyl sites for hydroxylation is 1. The van der Waals surface area contributed by atoms with Crippen molar-refractivity contribution in [3.63, 3.8) is 0 Å². The molecule has 3 aromatic carbocycles. The summed E-state index contributed by atoms with van der Waals surface area (Å²) in [7, 11) is 3.71. The minimum atomic E-state index is -0.170. The summed E-state index contributed by atoms with van der Waals surface area (Å²) >= 11 is 0. The molecule has 0 radical (unpaired) electrons. The van der Waals surface area contributed by atoms with Gasteiger partial charge in [0.2, 0.25) is 11.8 Å². The van der Waals surface area contributed by atoms with Crippen molar-refractivity contribution >= 4 is 16.6 Å². The number of pyridine rings is 1. The second-order valence-corrected chi connectivity index (χ2v) is 10.4. The van der Waals surface area contributed by atoms with Crippen LogP contribution >= 0.6 is 0 Å². The largest absolute Gasteiger partial charge is 0.473 e. The predicted octanol–water partition coefficient (Wildman–Crippen LogP) is 7.02. The lowest BCUT2D eigenvalue weighted by Gasteiger charge is -2.23. The van der Waals surface area contributed by atoms with Crippen molar-refractivity contribution in [3.05, 3.63) is 102 Å². The molecule has 0 aliphatic heterocycles. The van der Waals surface area contributed by atoms with Crippen LogP contribution in [-0.2, 0) is 25.0 Å². The molecule has 0 aliphatic carbocycles. The fourth-order valence-corrected chi connectivity index (χ4v) is 4.43. The van der Waals surface area contributed by atoms with Gasteiger partial charge in [0.1, 0.15) is 18.9 Å². The lowest BCUT2D eigenvalue weighted by molar-refractivity contribution is 0.0185. The van der Waals surface area contributed by atoms with Crippen LogP contribution in [0.25, 0.3) is 22.2 Å². The van der Waals surface area contributed by atoms with Gasteiger partial charge < -0.3 is 19.5 Å². The van der Waals surface area contributed by atoms with Crippen molar-refractivity contribution < 1.29 is 14.2 Å². The monoisotopic (exact) mass is 536 g/mol. The van der Waals surface area contributed by atoms with Crippen molar-refractivity contribution in [3.8, 4) is 23.0 Å². The van der Waals surface area contributed by atoms with E-state index in [9.17, 15) is 0 Å². The minimum Gasteiger partial charge on any atom is -0.473 e. The van der Waals surface area contributed by atoms with Crippen molar-refractivity contribution in [2.75, 3.05) is 19.0 Å². The number of benzene rings is 3. The lowest BCUT2D eigenvalue weighted by Crippen LogP contribution is -2.25. The summed E-state index contributed by atoms with van der Waals surface area (Å²) in [5.74, 6) is 0.986. The van der Waals surface area contributed by atoms with Crippen LogP contribution in [0.2, 0.25) is 0 Å². The molecule has 2 heterocycles. The molecule has 206 valence electrons. The van der Waals surface area contributed by atoms with Gasteiger partial charge in [-0.25, -0.2) is 0 Å². The van der Waals surface area contributed by atoms with Crippen LogP contribution in [0.5, 0.6) is 11.8 Å². The van der Waals surface area contributed by atoms with Crippen molar-refractivity contribution in [1.29, 1.82) is 0 Å². The number of aromatic nitrogens is 3. The van der Waals surface area contributed by atoms with Gasteiger partial charge in [0.25, 0.3) is 0 Å². The van der Waals surface area contributed by atoms with Gasteiger partial charge in [0.05, 0.1) is 16.7 Å². The van der Waals surface area contributed by atoms with Crippen LogP contribution in [0.1, 0.15) is 31.4 Å². The van der Waals surface area contributed by atoms with E-state index in [1.165, 1.54) is 0 Å². The molecule has 7 heteroatoms. The Kier molecular flexibility index (Phi) is 8.31. The Balaban J connectivity index is 1.42. The molecule has 0 saturated heterocycles. The molecular weight excluding hydrogens is 500 g/mol. The van der Waals surface area contributed by atoms with E-state index < -0.39 is 0 Å². The number of hydrogen-bond acceptors (Lipinski definition) is 6. The number of ether oxygens (including phenoxy) is 3. The molecule has 0 aliphatic rings. The first kappa shape index (κ1) is 27.2. The average molecular weight is 537 g/mol. The molecule has 0 amide bonds. The quantitative estimate of drug-likeness (QED) is 0.185. The molecule has 0 fully saturated rings. The fraction of sp³-hybridized carbons (Fsp3) is 0.273. The molecule has 0 saturated carbocycles. The van der Waals surface area contributed by atoms with Crippen molar-refractivity contribution in [2.24, 2.45) is 7.05 Å². The zero-order chi connectivity index (χ0) is 28.0. The van der Waals surface area contributed by atoms with E-state index in [2.05, 4.69) is 37.4 Å². The lowest BCUT2D eigenvalue weighted by atomic mass is 10.1. The SMILES string of the molecule is COC(C)(C)CCNc1ccc2c(-c3ccc(OCc4ccccc4)nc3OCc3ccccc3)nn(C)c2c1. The molecular formula is C33H36N4O3. The molecule has 0 bridgehead atoms. The summed E-state index contributed by atoms with van der Waals surface area (Å²) in [6.45, 7) is 5.81. The highest BCUT2D eigenvalue weighted by atomic mass is 16.5. The van der Waals surface area contributed by atoms with Crippen LogP contribution in [0, 0.1) is 0 Å². The maximum Gasteiger partial charge on any atom is 0.226 e. The zero-order valence-electron chi connectivity index (χ0n) is 23.6. The minimum absolute atomic E-state index is 0.170. The summed E-state index contributed by atoms with van der Waals surface area (Å²) in [6, 6.07) is 30.3. The highest BCUT2D eigenvalue weighted by molar-refractivity contribution is 5.96. The van der Waals surface area contributed by atoms with Crippen LogP contribution in [-0.4, -0.2) is 34.0 Å². The molecule has 5 aromatic rings. The summed E-state index contributed by atoms with van der Waals surface area (Å²) < 4.78 is 19.7. The molecule has 0 unspecified atom stereocenters. The Hall–Kier alpha value is -4.36. The van der Waals surface area contributed by atoms with Gasteiger partial charge in [-0.05, 0) is 55.7 Å². The number of methoxy groups -OCH3 is 1. The fourth-order valence-electron chi connectivity index (χ4n) is 4.43. The van der Waals surface area contributed by atoms with Gasteiger partial charge in [-0.1, -0.05) is 60.7 Å². The van der Waals surface area contributed by atoms with E-state index >= 15 is 0 Å². The second-order valence-electron chi connectivity index (χ2n) is 10.4. The Morgan fingerprint density at radius 3 is 2.17 bits per heavy atom. The smallest absolute Gasteiger partial charge is 0.226 e. The summed E-state index contributed by atoms with van der Waals surface area (Å²) in [6.07, 6.45) is 0.894. The average Bonchev–Trinajstić information content (AvgIpc) is 3.31. The zero-order valence-corrected chi connectivity index (χ0v) is 23.6. The Morgan fingerprint density at radius 1 is 0.825 bits per heavy atom. The predicted molar refractivity (Wildman–Crippen MR) is 160 cm³/mol. The molecule has 5 rings (SSSR count).